The predicted molar refractivity (Wildman–Crippen MR) is 62.4 cm³/mol. The fourth-order valence-corrected chi connectivity index (χ4v) is 1.20. The minimum atomic E-state index is 0.541. The Balaban J connectivity index is 2.71. The van der Waals surface area contributed by atoms with E-state index in [1.807, 2.05) is 19.0 Å². The molecule has 0 saturated heterocycles. The van der Waals surface area contributed by atoms with Crippen molar-refractivity contribution in [3.05, 3.63) is 23.8 Å². The van der Waals surface area contributed by atoms with E-state index >= 15 is 0 Å². The highest BCUT2D eigenvalue weighted by atomic mass is 16.5. The number of aldehydes is 1. The summed E-state index contributed by atoms with van der Waals surface area (Å²) in [7, 11) is 5.52. The summed E-state index contributed by atoms with van der Waals surface area (Å²) in [6, 6.07) is 5.15. The van der Waals surface area contributed by atoms with Gasteiger partial charge in [-0.25, -0.2) is 0 Å². The second-order valence-corrected chi connectivity index (χ2v) is 3.67. The number of rotatable bonds is 6. The minimum absolute atomic E-state index is 0.541. The average Bonchev–Trinajstić information content (AvgIpc) is 2.28. The van der Waals surface area contributed by atoms with Crippen molar-refractivity contribution in [3.63, 3.8) is 0 Å². The molecule has 4 nitrogen and oxygen atoms in total. The summed E-state index contributed by atoms with van der Waals surface area (Å²) >= 11 is 0. The molecule has 0 saturated carbocycles. The van der Waals surface area contributed by atoms with E-state index in [-0.39, 0.29) is 0 Å². The Morgan fingerprint density at radius 1 is 1.38 bits per heavy atom. The van der Waals surface area contributed by atoms with Crippen LogP contribution in [0.15, 0.2) is 18.2 Å². The van der Waals surface area contributed by atoms with Gasteiger partial charge in [0.25, 0.3) is 0 Å². The number of methoxy groups -OCH3 is 1. The highest BCUT2D eigenvalue weighted by molar-refractivity contribution is 5.79. The van der Waals surface area contributed by atoms with Crippen molar-refractivity contribution >= 4 is 6.29 Å². The third-order valence-electron chi connectivity index (χ3n) is 2.14. The van der Waals surface area contributed by atoms with E-state index in [4.69, 9.17) is 9.47 Å². The van der Waals surface area contributed by atoms with Crippen LogP contribution in [0.1, 0.15) is 10.4 Å². The van der Waals surface area contributed by atoms with Crippen molar-refractivity contribution in [1.82, 2.24) is 4.90 Å². The number of nitrogens with zero attached hydrogens (tertiary/aromatic N) is 1. The Morgan fingerprint density at radius 2 is 2.12 bits per heavy atom. The first kappa shape index (κ1) is 12.5. The van der Waals surface area contributed by atoms with Crippen LogP contribution in [0, 0.1) is 0 Å². The van der Waals surface area contributed by atoms with Crippen LogP contribution in [0.3, 0.4) is 0 Å². The Morgan fingerprint density at radius 3 is 2.69 bits per heavy atom. The van der Waals surface area contributed by atoms with Gasteiger partial charge in [-0.1, -0.05) is 0 Å². The SMILES string of the molecule is COc1ccc(C=O)c(OCCN(C)C)c1. The average molecular weight is 223 g/mol. The van der Waals surface area contributed by atoms with Gasteiger partial charge in [-0.15, -0.1) is 0 Å². The van der Waals surface area contributed by atoms with E-state index in [1.165, 1.54) is 0 Å². The lowest BCUT2D eigenvalue weighted by Crippen LogP contribution is -2.19. The van der Waals surface area contributed by atoms with Crippen molar-refractivity contribution in [1.29, 1.82) is 0 Å². The van der Waals surface area contributed by atoms with Crippen molar-refractivity contribution in [2.24, 2.45) is 0 Å². The van der Waals surface area contributed by atoms with E-state index in [9.17, 15) is 4.79 Å². The van der Waals surface area contributed by atoms with Crippen LogP contribution in [-0.2, 0) is 0 Å². The molecule has 0 spiro atoms. The predicted octanol–water partition coefficient (Wildman–Crippen LogP) is 1.45. The van der Waals surface area contributed by atoms with E-state index in [0.29, 0.717) is 23.7 Å². The molecule has 1 aromatic rings. The number of carbonyl (C=O) groups excluding carboxylic acids is 1. The molecule has 0 unspecified atom stereocenters. The summed E-state index contributed by atoms with van der Waals surface area (Å²) in [4.78, 5) is 12.8. The quantitative estimate of drug-likeness (QED) is 0.684. The molecule has 0 aromatic heterocycles. The topological polar surface area (TPSA) is 38.8 Å². The molecule has 0 aliphatic heterocycles. The van der Waals surface area contributed by atoms with E-state index in [0.717, 1.165) is 12.8 Å². The van der Waals surface area contributed by atoms with E-state index < -0.39 is 0 Å². The van der Waals surface area contributed by atoms with Crippen LogP contribution >= 0.6 is 0 Å². The molecule has 16 heavy (non-hydrogen) atoms. The number of carbonyl (C=O) groups is 1. The van der Waals surface area contributed by atoms with E-state index in [1.54, 1.807) is 25.3 Å². The number of benzene rings is 1. The molecule has 0 amide bonds. The smallest absolute Gasteiger partial charge is 0.153 e. The van der Waals surface area contributed by atoms with Gasteiger partial charge in [0.1, 0.15) is 18.1 Å². The summed E-state index contributed by atoms with van der Waals surface area (Å²) < 4.78 is 10.6. The maximum absolute atomic E-state index is 10.8. The van der Waals surface area contributed by atoms with Gasteiger partial charge in [-0.05, 0) is 26.2 Å². The molecule has 0 atom stereocenters. The number of hydrogen-bond acceptors (Lipinski definition) is 4. The molecular formula is C12H17NO3. The van der Waals surface area contributed by atoms with Gasteiger partial charge in [0, 0.05) is 12.6 Å². The second kappa shape index (κ2) is 6.12. The number of likely N-dealkylation sites (N-methyl/N-ethyl adjacent to an activating group) is 1. The largest absolute Gasteiger partial charge is 0.497 e. The lowest BCUT2D eigenvalue weighted by molar-refractivity contribution is 0.111. The minimum Gasteiger partial charge on any atom is -0.497 e. The second-order valence-electron chi connectivity index (χ2n) is 3.67. The van der Waals surface area contributed by atoms with Crippen LogP contribution in [0.5, 0.6) is 11.5 Å². The van der Waals surface area contributed by atoms with Crippen molar-refractivity contribution in [3.8, 4) is 11.5 Å². The third kappa shape index (κ3) is 3.55. The van der Waals surface area contributed by atoms with Gasteiger partial charge in [-0.3, -0.25) is 4.79 Å². The third-order valence-corrected chi connectivity index (χ3v) is 2.14. The fourth-order valence-electron chi connectivity index (χ4n) is 1.20. The fraction of sp³-hybridized carbons (Fsp3) is 0.417. The zero-order chi connectivity index (χ0) is 12.0. The van der Waals surface area contributed by atoms with Gasteiger partial charge in [-0.2, -0.15) is 0 Å². The maximum Gasteiger partial charge on any atom is 0.153 e. The van der Waals surface area contributed by atoms with Gasteiger partial charge < -0.3 is 14.4 Å². The Kier molecular flexibility index (Phi) is 4.79. The number of hydrogen-bond donors (Lipinski definition) is 0. The Hall–Kier alpha value is -1.55. The van der Waals surface area contributed by atoms with Gasteiger partial charge in [0.15, 0.2) is 6.29 Å². The standard InChI is InChI=1S/C12H17NO3/c1-13(2)6-7-16-12-8-11(15-3)5-4-10(12)9-14/h4-5,8-9H,6-7H2,1-3H3. The maximum atomic E-state index is 10.8. The van der Waals surface area contributed by atoms with Crippen molar-refractivity contribution < 1.29 is 14.3 Å². The van der Waals surface area contributed by atoms with Gasteiger partial charge >= 0.3 is 0 Å². The zero-order valence-corrected chi connectivity index (χ0v) is 9.90. The highest BCUT2D eigenvalue weighted by Gasteiger charge is 2.05. The van der Waals surface area contributed by atoms with Gasteiger partial charge in [0.2, 0.25) is 0 Å². The lowest BCUT2D eigenvalue weighted by Gasteiger charge is -2.12. The summed E-state index contributed by atoms with van der Waals surface area (Å²) in [6.07, 6.45) is 0.782. The molecule has 0 heterocycles. The molecule has 0 radical (unpaired) electrons. The van der Waals surface area contributed by atoms with Crippen LogP contribution in [-0.4, -0.2) is 45.5 Å². The van der Waals surface area contributed by atoms with Crippen LogP contribution in [0.2, 0.25) is 0 Å². The van der Waals surface area contributed by atoms with E-state index in [2.05, 4.69) is 0 Å². The first-order valence-electron chi connectivity index (χ1n) is 5.08. The van der Waals surface area contributed by atoms with Crippen LogP contribution < -0.4 is 9.47 Å². The zero-order valence-electron chi connectivity index (χ0n) is 9.90. The summed E-state index contributed by atoms with van der Waals surface area (Å²) in [5.41, 5.74) is 0.541. The molecule has 1 aromatic carbocycles. The molecule has 0 N–H and O–H groups in total. The van der Waals surface area contributed by atoms with Crippen LogP contribution in [0.25, 0.3) is 0 Å². The number of ether oxygens (including phenoxy) is 2. The molecule has 0 aliphatic carbocycles. The Labute approximate surface area is 95.8 Å². The molecule has 88 valence electrons. The lowest BCUT2D eigenvalue weighted by atomic mass is 10.2. The summed E-state index contributed by atoms with van der Waals surface area (Å²) in [5.74, 6) is 1.25. The van der Waals surface area contributed by atoms with Gasteiger partial charge in [0.05, 0.1) is 12.7 Å². The molecule has 0 aliphatic rings. The first-order valence-corrected chi connectivity index (χ1v) is 5.08. The molecule has 0 bridgehead atoms. The monoisotopic (exact) mass is 223 g/mol. The highest BCUT2D eigenvalue weighted by Crippen LogP contribution is 2.23. The summed E-state index contributed by atoms with van der Waals surface area (Å²) in [5, 5.41) is 0. The normalized spacial score (nSPS) is 10.2. The van der Waals surface area contributed by atoms with Crippen molar-refractivity contribution in [2.75, 3.05) is 34.4 Å². The molecule has 1 rings (SSSR count). The Bertz CT molecular complexity index is 350. The first-order chi connectivity index (χ1) is 7.67. The summed E-state index contributed by atoms with van der Waals surface area (Å²) in [6.45, 7) is 1.34. The molecular weight excluding hydrogens is 206 g/mol. The molecule has 4 heteroatoms. The molecule has 0 fully saturated rings. The van der Waals surface area contributed by atoms with Crippen LogP contribution in [0.4, 0.5) is 0 Å². The van der Waals surface area contributed by atoms with Crippen molar-refractivity contribution in [2.45, 2.75) is 0 Å².